The zero-order chi connectivity index (χ0) is 34.3. The van der Waals surface area contributed by atoms with Crippen LogP contribution < -0.4 is 0 Å². The van der Waals surface area contributed by atoms with Gasteiger partial charge in [-0.1, -0.05) is 121 Å². The quantitative estimate of drug-likeness (QED) is 0.145. The van der Waals surface area contributed by atoms with E-state index in [0.29, 0.717) is 22.2 Å². The Balaban J connectivity index is 1.53. The van der Waals surface area contributed by atoms with Crippen LogP contribution in [0.4, 0.5) is 0 Å². The number of aromatic amines is 2. The molecule has 7 nitrogen and oxygen atoms in total. The lowest BCUT2D eigenvalue weighted by Gasteiger charge is -2.06. The van der Waals surface area contributed by atoms with Crippen LogP contribution in [0.2, 0.25) is 0 Å². The number of nitrogens with zero attached hydrogens (tertiary/aromatic N) is 4. The first kappa shape index (κ1) is 29.9. The van der Waals surface area contributed by atoms with Crippen molar-refractivity contribution in [2.45, 2.75) is 0 Å². The van der Waals surface area contributed by atoms with Crippen LogP contribution in [0.3, 0.4) is 0 Å². The zero-order valence-electron chi connectivity index (χ0n) is 27.2. The molecule has 2 aliphatic rings. The predicted octanol–water partition coefficient (Wildman–Crippen LogP) is 10.1. The van der Waals surface area contributed by atoms with E-state index in [0.717, 1.165) is 55.8 Å². The normalized spacial score (nSPS) is 12.2. The fourth-order valence-corrected chi connectivity index (χ4v) is 7.03. The maximum absolute atomic E-state index is 14.4. The molecule has 3 aromatic heterocycles. The Labute approximate surface area is 292 Å². The largest absolute Gasteiger partial charge is 0.390 e. The second-order valence-corrected chi connectivity index (χ2v) is 12.3. The van der Waals surface area contributed by atoms with Crippen LogP contribution >= 0.6 is 0 Å². The lowest BCUT2D eigenvalue weighted by Crippen LogP contribution is -2.11. The first-order valence-electron chi connectivity index (χ1n) is 16.6. The molecule has 0 radical (unpaired) electrons. The number of carbonyl (C=O) groups is 1. The third-order valence-corrected chi connectivity index (χ3v) is 9.30. The van der Waals surface area contributed by atoms with Crippen LogP contribution in [0.25, 0.3) is 84.3 Å². The van der Waals surface area contributed by atoms with E-state index < -0.39 is 5.78 Å². The second-order valence-electron chi connectivity index (χ2n) is 12.3. The highest BCUT2D eigenvalue weighted by atomic mass is 16.1. The molecule has 0 aliphatic carbocycles. The van der Waals surface area contributed by atoms with Gasteiger partial charge in [-0.15, -0.1) is 0 Å². The van der Waals surface area contributed by atoms with Crippen molar-refractivity contribution < 1.29 is 9.58 Å². The molecule has 5 heterocycles. The molecule has 0 unspecified atom stereocenters. The third-order valence-electron chi connectivity index (χ3n) is 9.30. The number of Topliss-reactive ketones (excluding diaryl/α,β-unsaturated/α-hetero) is 1. The number of rotatable bonds is 4. The summed E-state index contributed by atoms with van der Waals surface area (Å²) in [5.74, 6) is -0.474. The van der Waals surface area contributed by atoms with Crippen LogP contribution in [-0.2, 0) is 0 Å². The van der Waals surface area contributed by atoms with Gasteiger partial charge in [-0.25, -0.2) is 9.97 Å². The van der Waals surface area contributed by atoms with Gasteiger partial charge in [0.05, 0.1) is 11.4 Å². The third kappa shape index (κ3) is 5.13. The Morgan fingerprint density at radius 1 is 0.431 bits per heavy atom. The summed E-state index contributed by atoms with van der Waals surface area (Å²) in [6, 6.07) is 47.7. The van der Waals surface area contributed by atoms with Gasteiger partial charge in [0.25, 0.3) is 5.78 Å². The first-order valence-corrected chi connectivity index (χ1v) is 16.6. The van der Waals surface area contributed by atoms with E-state index >= 15 is 0 Å². The van der Waals surface area contributed by atoms with Gasteiger partial charge in [0.2, 0.25) is 0 Å². The number of carbonyl (C=O) groups excluding carboxylic acids is 1. The maximum Gasteiger partial charge on any atom is 0.390 e. The molecule has 0 amide bonds. The number of hydrogen-bond donors (Lipinski definition) is 2. The van der Waals surface area contributed by atoms with E-state index in [1.807, 2.05) is 121 Å². The number of fused-ring (bicyclic) bond motifs is 8. The molecule has 0 saturated heterocycles. The molecule has 0 saturated carbocycles. The fourth-order valence-electron chi connectivity index (χ4n) is 7.03. The molecule has 4 aromatic carbocycles. The van der Waals surface area contributed by atoms with E-state index in [-0.39, 0.29) is 17.1 Å². The minimum atomic E-state index is -0.474. The molecular formula is C44H28N6O. The Bertz CT molecular complexity index is 2740. The minimum Gasteiger partial charge on any atom is -0.361 e. The smallest absolute Gasteiger partial charge is 0.361 e. The van der Waals surface area contributed by atoms with E-state index in [2.05, 4.69) is 51.2 Å². The van der Waals surface area contributed by atoms with Crippen molar-refractivity contribution in [3.63, 3.8) is 0 Å². The Morgan fingerprint density at radius 2 is 0.784 bits per heavy atom. The topological polar surface area (TPSA) is 111 Å². The lowest BCUT2D eigenvalue weighted by atomic mass is 9.99. The van der Waals surface area contributed by atoms with Gasteiger partial charge < -0.3 is 15.5 Å². The molecule has 0 fully saturated rings. The highest BCUT2D eigenvalue weighted by Gasteiger charge is 2.38. The highest BCUT2D eigenvalue weighted by Crippen LogP contribution is 2.38. The van der Waals surface area contributed by atoms with E-state index in [9.17, 15) is 10.3 Å². The van der Waals surface area contributed by atoms with Crippen molar-refractivity contribution in [3.05, 3.63) is 174 Å². The molecule has 2 aliphatic heterocycles. The van der Waals surface area contributed by atoms with E-state index in [4.69, 9.17) is 9.97 Å². The Morgan fingerprint density at radius 3 is 1.18 bits per heavy atom. The number of benzene rings is 4. The number of ketones is 1. The number of hydrogen-bond acceptors (Lipinski definition) is 3. The van der Waals surface area contributed by atoms with Crippen molar-refractivity contribution in [3.8, 4) is 44.5 Å². The summed E-state index contributed by atoms with van der Waals surface area (Å²) in [7, 11) is 0. The van der Waals surface area contributed by atoms with Crippen molar-refractivity contribution in [2.24, 2.45) is 0 Å². The van der Waals surface area contributed by atoms with Gasteiger partial charge in [0, 0.05) is 44.3 Å². The van der Waals surface area contributed by atoms with Crippen molar-refractivity contribution in [1.29, 1.82) is 0 Å². The van der Waals surface area contributed by atoms with Crippen LogP contribution in [-0.4, -0.2) is 36.2 Å². The zero-order valence-corrected chi connectivity index (χ0v) is 27.2. The fraction of sp³-hybridized carbons (Fsp3) is 0. The molecule has 0 atom stereocenters. The summed E-state index contributed by atoms with van der Waals surface area (Å²) in [6.45, 7) is 0. The summed E-state index contributed by atoms with van der Waals surface area (Å²) in [4.78, 5) is 35.6. The van der Waals surface area contributed by atoms with Crippen LogP contribution in [0.15, 0.2) is 146 Å². The van der Waals surface area contributed by atoms with Crippen molar-refractivity contribution >= 4 is 45.7 Å². The average Bonchev–Trinajstić information content (AvgIpc) is 4.01. The SMILES string of the molecule is [N-]=[N+]=C1C(=O)c2nc1c(-c1ccccc1)c1ccc([nH]1)c(-c1ccccc1)c1nc(c(-c3ccccc3)c3ccc([nH]3)c2-c2ccccc2)C=C1. The number of aromatic nitrogens is 4. The summed E-state index contributed by atoms with van der Waals surface area (Å²) in [5, 5.41) is 0. The van der Waals surface area contributed by atoms with Crippen LogP contribution in [0.1, 0.15) is 27.6 Å². The van der Waals surface area contributed by atoms with E-state index in [1.54, 1.807) is 0 Å². The Kier molecular flexibility index (Phi) is 7.24. The summed E-state index contributed by atoms with van der Waals surface area (Å²) in [6.07, 6.45) is 4.12. The molecule has 9 rings (SSSR count). The Hall–Kier alpha value is -7.21. The lowest BCUT2D eigenvalue weighted by molar-refractivity contribution is -0.00463. The molecule has 0 spiro atoms. The summed E-state index contributed by atoms with van der Waals surface area (Å²) < 4.78 is 0. The average molecular weight is 657 g/mol. The van der Waals surface area contributed by atoms with E-state index in [1.165, 1.54) is 0 Å². The molecule has 8 bridgehead atoms. The number of H-pyrrole nitrogens is 2. The number of nitrogens with one attached hydrogen (secondary N) is 2. The standard InChI is InChI=1S/C44H28N6O/c45-50-43-41-39(29-17-9-3-10-18-29)35-25-23-33(47-35)37(27-13-5-1-6-14-27)31-21-22-32(46-31)38(28-15-7-2-8-16-28)34-24-26-36(48-34)40(42(49-41)44(43)51)30-19-11-4-12-20-30/h1-26,47-48H. The van der Waals surface area contributed by atoms with Gasteiger partial charge >= 0.3 is 5.71 Å². The molecule has 7 aromatic rings. The van der Waals surface area contributed by atoms with Gasteiger partial charge in [0.1, 0.15) is 5.69 Å². The van der Waals surface area contributed by atoms with Gasteiger partial charge in [0.15, 0.2) is 5.69 Å². The minimum absolute atomic E-state index is 0.129. The highest BCUT2D eigenvalue weighted by molar-refractivity contribution is 6.52. The van der Waals surface area contributed by atoms with Gasteiger partial charge in [-0.3, -0.25) is 4.79 Å². The second kappa shape index (κ2) is 12.3. The molecular weight excluding hydrogens is 629 g/mol. The monoisotopic (exact) mass is 656 g/mol. The van der Waals surface area contributed by atoms with Crippen molar-refractivity contribution in [1.82, 2.24) is 19.9 Å². The summed E-state index contributed by atoms with van der Waals surface area (Å²) in [5.41, 5.74) is 22.1. The van der Waals surface area contributed by atoms with Gasteiger partial charge in [-0.05, 0) is 58.7 Å². The molecule has 7 heteroatoms. The molecule has 2 N–H and O–H groups in total. The molecule has 51 heavy (non-hydrogen) atoms. The first-order chi connectivity index (χ1) is 25.2. The van der Waals surface area contributed by atoms with Crippen LogP contribution in [0, 0.1) is 0 Å². The van der Waals surface area contributed by atoms with Crippen LogP contribution in [0.5, 0.6) is 0 Å². The molecule has 240 valence electrons. The summed E-state index contributed by atoms with van der Waals surface area (Å²) >= 11 is 0. The van der Waals surface area contributed by atoms with Crippen molar-refractivity contribution in [2.75, 3.05) is 0 Å². The van der Waals surface area contributed by atoms with Gasteiger partial charge in [-0.2, -0.15) is 4.79 Å². The predicted molar refractivity (Wildman–Crippen MR) is 204 cm³/mol. The maximum atomic E-state index is 14.4.